The molecule has 0 saturated carbocycles. The highest BCUT2D eigenvalue weighted by molar-refractivity contribution is 7.99. The van der Waals surface area contributed by atoms with Crippen LogP contribution in [0.4, 0.5) is 0 Å². The van der Waals surface area contributed by atoms with Crippen LogP contribution in [0.15, 0.2) is 0 Å². The molecule has 3 nitrogen and oxygen atoms in total. The Balaban J connectivity index is 1.92. The van der Waals surface area contributed by atoms with Crippen LogP contribution in [0.5, 0.6) is 0 Å². The van der Waals surface area contributed by atoms with Gasteiger partial charge >= 0.3 is 0 Å². The lowest BCUT2D eigenvalue weighted by Gasteiger charge is -1.96. The van der Waals surface area contributed by atoms with Crippen molar-refractivity contribution in [2.75, 3.05) is 0 Å². The van der Waals surface area contributed by atoms with E-state index in [1.165, 1.54) is 25.7 Å². The summed E-state index contributed by atoms with van der Waals surface area (Å²) in [7, 11) is -2.89. The molecule has 4 heteroatoms. The monoisotopic (exact) mass is 206 g/mol. The van der Waals surface area contributed by atoms with Gasteiger partial charge in [0.25, 0.3) is 0 Å². The first-order valence-corrected chi connectivity index (χ1v) is 6.42. The number of unbranched alkanes of at least 4 members (excludes halogenated alkanes) is 5. The number of hydrogen-bond donors (Lipinski definition) is 1. The Bertz CT molecular complexity index is 264. The highest BCUT2D eigenvalue weighted by Crippen LogP contribution is 2.18. The molecule has 0 aromatic carbocycles. The van der Waals surface area contributed by atoms with Crippen LogP contribution in [0, 0.1) is 0 Å². The van der Waals surface area contributed by atoms with E-state index in [1.807, 2.05) is 0 Å². The van der Waals surface area contributed by atoms with Gasteiger partial charge in [0.1, 0.15) is 0 Å². The average Bonchev–Trinajstić information content (AvgIpc) is 2.67. The van der Waals surface area contributed by atoms with Crippen molar-refractivity contribution in [3.05, 3.63) is 0 Å². The van der Waals surface area contributed by atoms with Gasteiger partial charge in [0, 0.05) is 6.42 Å². The average molecular weight is 206 g/mol. The Kier molecular flexibility index (Phi) is 4.22. The molecule has 0 aliphatic carbocycles. The maximum atomic E-state index is 10.7. The minimum atomic E-state index is -2.89. The molecule has 0 aromatic heterocycles. The van der Waals surface area contributed by atoms with Gasteiger partial charge in [0.2, 0.25) is 10.1 Å². The smallest absolute Gasteiger partial charge is 0.234 e. The third-order valence-corrected chi connectivity index (χ3v) is 3.34. The summed E-state index contributed by atoms with van der Waals surface area (Å²) in [5.74, 6) is 0. The first-order chi connectivity index (χ1) is 6.17. The minimum Gasteiger partial charge on any atom is -0.291 e. The Morgan fingerprint density at radius 1 is 1.23 bits per heavy atom. The second-order valence-corrected chi connectivity index (χ2v) is 5.02. The van der Waals surface area contributed by atoms with Gasteiger partial charge in [-0.25, -0.2) is 8.39 Å². The molecule has 0 radical (unpaired) electrons. The third-order valence-electron chi connectivity index (χ3n) is 2.20. The number of hydrogen-bond acceptors (Lipinski definition) is 2. The maximum absolute atomic E-state index is 10.7. The lowest BCUT2D eigenvalue weighted by atomic mass is 10.1. The summed E-state index contributed by atoms with van der Waals surface area (Å²) in [5, 5.41) is 0.406. The topological polar surface area (TPSA) is 49.8 Å². The van der Waals surface area contributed by atoms with Crippen LogP contribution < -0.4 is 0 Å². The van der Waals surface area contributed by atoms with Crippen molar-refractivity contribution in [2.45, 2.75) is 51.9 Å². The van der Waals surface area contributed by atoms with Crippen molar-refractivity contribution in [3.63, 3.8) is 0 Å². The molecule has 1 heterocycles. The van der Waals surface area contributed by atoms with Gasteiger partial charge in [0.15, 0.2) is 5.05 Å². The van der Waals surface area contributed by atoms with Gasteiger partial charge in [-0.15, -0.1) is 0 Å². The molecule has 0 amide bonds. The molecule has 1 aliphatic heterocycles. The molecule has 13 heavy (non-hydrogen) atoms. The van der Waals surface area contributed by atoms with Crippen LogP contribution >= 0.6 is 0 Å². The Morgan fingerprint density at radius 3 is 2.31 bits per heavy atom. The van der Waals surface area contributed by atoms with Crippen molar-refractivity contribution < 1.29 is 12.9 Å². The van der Waals surface area contributed by atoms with E-state index in [0.717, 1.165) is 12.8 Å². The van der Waals surface area contributed by atoms with Crippen molar-refractivity contribution in [3.8, 4) is 0 Å². The zero-order valence-electron chi connectivity index (χ0n) is 8.12. The van der Waals surface area contributed by atoms with Crippen LogP contribution in [0.1, 0.15) is 51.9 Å². The maximum Gasteiger partial charge on any atom is 0.234 e. The van der Waals surface area contributed by atoms with E-state index in [9.17, 15) is 4.21 Å². The molecule has 0 spiro atoms. The van der Waals surface area contributed by atoms with Gasteiger partial charge in [-0.2, -0.15) is 0 Å². The molecule has 1 rings (SSSR count). The van der Waals surface area contributed by atoms with E-state index in [1.54, 1.807) is 0 Å². The summed E-state index contributed by atoms with van der Waals surface area (Å²) in [5.41, 5.74) is 0. The quantitative estimate of drug-likeness (QED) is 0.514. The molecule has 1 atom stereocenters. The highest BCUT2D eigenvalue weighted by atomic mass is 32.3. The molecule has 0 saturated heterocycles. The Morgan fingerprint density at radius 2 is 1.77 bits per heavy atom. The van der Waals surface area contributed by atoms with E-state index in [4.69, 9.17) is 4.55 Å². The fraction of sp³-hybridized carbons (Fsp3) is 0.889. The Hall–Kier alpha value is -0.0600. The van der Waals surface area contributed by atoms with E-state index in [0.29, 0.717) is 11.5 Å². The third kappa shape index (κ3) is 4.11. The van der Waals surface area contributed by atoms with Crippen molar-refractivity contribution in [2.24, 2.45) is 0 Å². The molecule has 0 fully saturated rings. The summed E-state index contributed by atoms with van der Waals surface area (Å²) in [6.07, 6.45) is 7.85. The summed E-state index contributed by atoms with van der Waals surface area (Å²) >= 11 is 0. The first-order valence-electron chi connectivity index (χ1n) is 4.98. The zero-order valence-corrected chi connectivity index (χ0v) is 8.94. The minimum absolute atomic E-state index is 0.406. The van der Waals surface area contributed by atoms with Crippen molar-refractivity contribution in [1.29, 1.82) is 0 Å². The Labute approximate surface area is 80.5 Å². The summed E-state index contributed by atoms with van der Waals surface area (Å²) in [6.45, 7) is 2.19. The zero-order chi connectivity index (χ0) is 9.73. The molecule has 1 unspecified atom stereocenters. The van der Waals surface area contributed by atoms with Crippen LogP contribution in [0.2, 0.25) is 0 Å². The SMILES string of the molecule is CCCCCCCCC1=S(=O)(O)O1. The van der Waals surface area contributed by atoms with Gasteiger partial charge in [0.05, 0.1) is 0 Å². The second kappa shape index (κ2) is 4.98. The molecular weight excluding hydrogens is 188 g/mol. The van der Waals surface area contributed by atoms with Crippen LogP contribution in [-0.2, 0) is 14.3 Å². The van der Waals surface area contributed by atoms with E-state index < -0.39 is 10.1 Å². The predicted molar refractivity (Wildman–Crippen MR) is 54.9 cm³/mol. The standard InChI is InChI=1S/C9H18O3S/c1-2-3-4-5-6-7-8-9-12-13(9,10)11/h2-8H2,1H3,(H,10,11). The fourth-order valence-corrected chi connectivity index (χ4v) is 2.21. The van der Waals surface area contributed by atoms with Gasteiger partial charge < -0.3 is 0 Å². The van der Waals surface area contributed by atoms with Crippen LogP contribution in [0.25, 0.3) is 0 Å². The van der Waals surface area contributed by atoms with Crippen molar-refractivity contribution in [1.82, 2.24) is 0 Å². The van der Waals surface area contributed by atoms with Crippen molar-refractivity contribution >= 4 is 15.1 Å². The van der Waals surface area contributed by atoms with E-state index in [2.05, 4.69) is 11.1 Å². The molecule has 1 aliphatic rings. The van der Waals surface area contributed by atoms with E-state index >= 15 is 0 Å². The second-order valence-electron chi connectivity index (χ2n) is 3.45. The predicted octanol–water partition coefficient (Wildman–Crippen LogP) is 2.57. The fourth-order valence-electron chi connectivity index (χ4n) is 1.33. The van der Waals surface area contributed by atoms with Gasteiger partial charge in [-0.1, -0.05) is 39.0 Å². The summed E-state index contributed by atoms with van der Waals surface area (Å²) in [4.78, 5) is 0. The van der Waals surface area contributed by atoms with E-state index in [-0.39, 0.29) is 0 Å². The van der Waals surface area contributed by atoms with Gasteiger partial charge in [-0.3, -0.25) is 4.55 Å². The largest absolute Gasteiger partial charge is 0.291 e. The number of rotatable bonds is 7. The molecular formula is C9H18O3S. The highest BCUT2D eigenvalue weighted by Gasteiger charge is 2.29. The lowest BCUT2D eigenvalue weighted by molar-refractivity contribution is 0.491. The normalized spacial score (nSPS) is 26.5. The molecule has 1 N–H and O–H groups in total. The summed E-state index contributed by atoms with van der Waals surface area (Å²) < 4.78 is 24.0. The van der Waals surface area contributed by atoms with Gasteiger partial charge in [-0.05, 0) is 6.42 Å². The molecule has 0 aromatic rings. The van der Waals surface area contributed by atoms with Crippen LogP contribution in [-0.4, -0.2) is 13.8 Å². The first kappa shape index (κ1) is 11.0. The van der Waals surface area contributed by atoms with Crippen LogP contribution in [0.3, 0.4) is 0 Å². The molecule has 78 valence electrons. The lowest BCUT2D eigenvalue weighted by Crippen LogP contribution is -1.84. The molecule has 0 bridgehead atoms. The summed E-state index contributed by atoms with van der Waals surface area (Å²) in [6, 6.07) is 0.